The second-order valence-corrected chi connectivity index (χ2v) is 3.44. The van der Waals surface area contributed by atoms with Gasteiger partial charge >= 0.3 is 5.97 Å². The number of nitriles is 1. The second kappa shape index (κ2) is 3.38. The van der Waals surface area contributed by atoms with Gasteiger partial charge in [0.15, 0.2) is 0 Å². The minimum absolute atomic E-state index is 0.402. The summed E-state index contributed by atoms with van der Waals surface area (Å²) in [4.78, 5) is 10.4. The Labute approximate surface area is 66.6 Å². The molecule has 3 heteroatoms. The molecule has 0 amide bonds. The maximum atomic E-state index is 10.4. The van der Waals surface area contributed by atoms with Crippen molar-refractivity contribution in [1.29, 1.82) is 5.26 Å². The van der Waals surface area contributed by atoms with Crippen LogP contribution in [0.2, 0.25) is 0 Å². The third-order valence-electron chi connectivity index (χ3n) is 1.54. The molecule has 1 unspecified atom stereocenters. The van der Waals surface area contributed by atoms with Gasteiger partial charge in [0.25, 0.3) is 0 Å². The summed E-state index contributed by atoms with van der Waals surface area (Å²) in [6, 6.07) is 2.06. The number of hydrogen-bond acceptors (Lipinski definition) is 2. The first kappa shape index (κ1) is 9.96. The van der Waals surface area contributed by atoms with E-state index in [9.17, 15) is 4.79 Å². The molecule has 0 aliphatic heterocycles. The summed E-state index contributed by atoms with van der Waals surface area (Å²) in [5, 5.41) is 17.1. The lowest BCUT2D eigenvalue weighted by molar-refractivity contribution is -0.141. The minimum Gasteiger partial charge on any atom is -0.481 e. The Hall–Kier alpha value is -1.04. The molecule has 0 saturated heterocycles. The first-order valence-corrected chi connectivity index (χ1v) is 3.53. The largest absolute Gasteiger partial charge is 0.481 e. The minimum atomic E-state index is -0.840. The monoisotopic (exact) mass is 155 g/mol. The number of carboxylic acid groups (broad SMARTS) is 1. The van der Waals surface area contributed by atoms with Crippen LogP contribution >= 0.6 is 0 Å². The van der Waals surface area contributed by atoms with Crippen molar-refractivity contribution in [1.82, 2.24) is 0 Å². The van der Waals surface area contributed by atoms with E-state index in [2.05, 4.69) is 6.07 Å². The van der Waals surface area contributed by atoms with Crippen molar-refractivity contribution in [3.05, 3.63) is 0 Å². The number of hydrogen-bond donors (Lipinski definition) is 1. The molecule has 11 heavy (non-hydrogen) atoms. The van der Waals surface area contributed by atoms with Crippen molar-refractivity contribution in [2.24, 2.45) is 11.3 Å². The van der Waals surface area contributed by atoms with Crippen LogP contribution in [0.4, 0.5) is 0 Å². The van der Waals surface area contributed by atoms with E-state index in [1.807, 2.05) is 0 Å². The molecular formula is C8H13NO2. The van der Waals surface area contributed by atoms with E-state index in [1.165, 1.54) is 0 Å². The van der Waals surface area contributed by atoms with Crippen LogP contribution in [0, 0.1) is 22.7 Å². The summed E-state index contributed by atoms with van der Waals surface area (Å²) in [5.74, 6) is -1.28. The van der Waals surface area contributed by atoms with Gasteiger partial charge in [-0.15, -0.1) is 0 Å². The predicted octanol–water partition coefficient (Wildman–Crippen LogP) is 1.65. The second-order valence-electron chi connectivity index (χ2n) is 3.44. The lowest BCUT2D eigenvalue weighted by Gasteiger charge is -2.17. The van der Waals surface area contributed by atoms with Crippen LogP contribution in [0.1, 0.15) is 27.2 Å². The van der Waals surface area contributed by atoms with E-state index in [-0.39, 0.29) is 0 Å². The molecule has 0 aromatic carbocycles. The summed E-state index contributed by atoms with van der Waals surface area (Å²) in [5.41, 5.74) is -0.530. The van der Waals surface area contributed by atoms with Gasteiger partial charge in [0.05, 0.1) is 17.4 Å². The van der Waals surface area contributed by atoms with E-state index in [4.69, 9.17) is 10.4 Å². The molecule has 0 aromatic heterocycles. The molecule has 0 saturated carbocycles. The number of carboxylic acids is 1. The molecule has 0 bridgehead atoms. The topological polar surface area (TPSA) is 61.1 Å². The Balaban J connectivity index is 4.07. The molecule has 0 rings (SSSR count). The highest BCUT2D eigenvalue weighted by atomic mass is 16.4. The molecule has 0 aromatic rings. The standard InChI is InChI=1S/C8H13NO2/c1-6(7(10)11)4-8(2,3)5-9/h6H,4H2,1-3H3,(H,10,11). The van der Waals surface area contributed by atoms with Crippen molar-refractivity contribution in [2.45, 2.75) is 27.2 Å². The van der Waals surface area contributed by atoms with Crippen molar-refractivity contribution in [3.8, 4) is 6.07 Å². The Morgan fingerprint density at radius 2 is 2.18 bits per heavy atom. The molecule has 1 atom stereocenters. The van der Waals surface area contributed by atoms with E-state index < -0.39 is 17.3 Å². The fraction of sp³-hybridized carbons (Fsp3) is 0.750. The molecular weight excluding hydrogens is 142 g/mol. The molecule has 0 fully saturated rings. The van der Waals surface area contributed by atoms with Crippen molar-refractivity contribution in [3.63, 3.8) is 0 Å². The number of carbonyl (C=O) groups is 1. The highest BCUT2D eigenvalue weighted by Gasteiger charge is 2.23. The van der Waals surface area contributed by atoms with Crippen LogP contribution in [-0.2, 0) is 4.79 Å². The van der Waals surface area contributed by atoms with Crippen LogP contribution in [0.5, 0.6) is 0 Å². The number of aliphatic carboxylic acids is 1. The smallest absolute Gasteiger partial charge is 0.306 e. The fourth-order valence-corrected chi connectivity index (χ4v) is 0.898. The summed E-state index contributed by atoms with van der Waals surface area (Å²) in [6.07, 6.45) is 0.402. The first-order chi connectivity index (χ1) is 4.89. The number of nitrogens with zero attached hydrogens (tertiary/aromatic N) is 1. The Morgan fingerprint density at radius 1 is 1.73 bits per heavy atom. The normalized spacial score (nSPS) is 13.6. The van der Waals surface area contributed by atoms with Gasteiger partial charge in [-0.05, 0) is 20.3 Å². The fourth-order valence-electron chi connectivity index (χ4n) is 0.898. The van der Waals surface area contributed by atoms with Crippen molar-refractivity contribution >= 4 is 5.97 Å². The quantitative estimate of drug-likeness (QED) is 0.674. The van der Waals surface area contributed by atoms with E-state index in [0.29, 0.717) is 6.42 Å². The average Bonchev–Trinajstić information content (AvgIpc) is 1.87. The van der Waals surface area contributed by atoms with Gasteiger partial charge in [0.1, 0.15) is 0 Å². The maximum absolute atomic E-state index is 10.4. The average molecular weight is 155 g/mol. The highest BCUT2D eigenvalue weighted by Crippen LogP contribution is 2.23. The molecule has 0 spiro atoms. The summed E-state index contributed by atoms with van der Waals surface area (Å²) >= 11 is 0. The van der Waals surface area contributed by atoms with Gasteiger partial charge in [-0.2, -0.15) is 5.26 Å². The molecule has 0 heterocycles. The molecule has 1 N–H and O–H groups in total. The van der Waals surface area contributed by atoms with Crippen LogP contribution in [0.3, 0.4) is 0 Å². The van der Waals surface area contributed by atoms with E-state index in [0.717, 1.165) is 0 Å². The Morgan fingerprint density at radius 3 is 2.45 bits per heavy atom. The third kappa shape index (κ3) is 3.61. The van der Waals surface area contributed by atoms with Gasteiger partial charge in [-0.3, -0.25) is 4.79 Å². The summed E-state index contributed by atoms with van der Waals surface area (Å²) < 4.78 is 0. The molecule has 3 nitrogen and oxygen atoms in total. The van der Waals surface area contributed by atoms with Crippen LogP contribution in [0.15, 0.2) is 0 Å². The van der Waals surface area contributed by atoms with Crippen LogP contribution in [0.25, 0.3) is 0 Å². The molecule has 0 aliphatic rings. The van der Waals surface area contributed by atoms with Crippen LogP contribution < -0.4 is 0 Å². The molecule has 0 aliphatic carbocycles. The highest BCUT2D eigenvalue weighted by molar-refractivity contribution is 5.69. The first-order valence-electron chi connectivity index (χ1n) is 3.53. The van der Waals surface area contributed by atoms with Gasteiger partial charge in [0.2, 0.25) is 0 Å². The van der Waals surface area contributed by atoms with E-state index in [1.54, 1.807) is 20.8 Å². The van der Waals surface area contributed by atoms with Gasteiger partial charge in [0, 0.05) is 0 Å². The Bertz CT molecular complexity index is 191. The zero-order valence-corrected chi connectivity index (χ0v) is 7.09. The summed E-state index contributed by atoms with van der Waals surface area (Å²) in [7, 11) is 0. The predicted molar refractivity (Wildman–Crippen MR) is 40.8 cm³/mol. The zero-order valence-electron chi connectivity index (χ0n) is 7.09. The Kier molecular flexibility index (Phi) is 3.06. The lowest BCUT2D eigenvalue weighted by atomic mass is 9.85. The molecule has 62 valence electrons. The van der Waals surface area contributed by atoms with Crippen molar-refractivity contribution in [2.75, 3.05) is 0 Å². The van der Waals surface area contributed by atoms with E-state index >= 15 is 0 Å². The van der Waals surface area contributed by atoms with Crippen molar-refractivity contribution < 1.29 is 9.90 Å². The maximum Gasteiger partial charge on any atom is 0.306 e. The van der Waals surface area contributed by atoms with Crippen LogP contribution in [-0.4, -0.2) is 11.1 Å². The third-order valence-corrected chi connectivity index (χ3v) is 1.54. The van der Waals surface area contributed by atoms with Gasteiger partial charge in [-0.25, -0.2) is 0 Å². The zero-order chi connectivity index (χ0) is 9.07. The van der Waals surface area contributed by atoms with Gasteiger partial charge in [-0.1, -0.05) is 6.92 Å². The molecule has 0 radical (unpaired) electrons. The summed E-state index contributed by atoms with van der Waals surface area (Å²) in [6.45, 7) is 5.10. The lowest BCUT2D eigenvalue weighted by Crippen LogP contribution is -2.19. The van der Waals surface area contributed by atoms with Gasteiger partial charge < -0.3 is 5.11 Å². The SMILES string of the molecule is CC(CC(C)(C)C#N)C(=O)O. The number of rotatable bonds is 3.